The summed E-state index contributed by atoms with van der Waals surface area (Å²) in [6, 6.07) is 29.3. The van der Waals surface area contributed by atoms with E-state index in [-0.39, 0.29) is 11.5 Å². The fraction of sp³-hybridized carbons (Fsp3) is 0.125. The van der Waals surface area contributed by atoms with Gasteiger partial charge in [-0.15, -0.1) is 0 Å². The first-order chi connectivity index (χ1) is 19.5. The van der Waals surface area contributed by atoms with Crippen molar-refractivity contribution in [2.45, 2.75) is 25.9 Å². The highest BCUT2D eigenvalue weighted by atomic mass is 16.5. The normalized spacial score (nSPS) is 12.8. The second kappa shape index (κ2) is 10.5. The van der Waals surface area contributed by atoms with E-state index in [4.69, 9.17) is 9.05 Å². The number of hydrogen-bond acceptors (Lipinski definition) is 8. The lowest BCUT2D eigenvalue weighted by Crippen LogP contribution is -2.15. The van der Waals surface area contributed by atoms with Gasteiger partial charge in [-0.3, -0.25) is 0 Å². The number of nitrogens with one attached hydrogen (secondary N) is 2. The maximum absolute atomic E-state index is 11.3. The molecule has 0 aliphatic rings. The number of phenolic OH excluding ortho intramolecular Hbond substituents is 2. The molecular weight excluding hydrogens is 504 g/mol. The number of phenols is 2. The SMILES string of the molecule is Cc1cc(N[C@@H](c2ccccc2)c2c(O)ccc3c([C@@H](Nc4cc(C)on4)c4ccccc4)c(O)ccc23)no1. The predicted octanol–water partition coefficient (Wildman–Crippen LogP) is 7.25. The molecule has 6 rings (SSSR count). The first-order valence-corrected chi connectivity index (χ1v) is 12.9. The standard InChI is InChI=1S/C32H28N4O4/c1-19-17-27(35-39-19)33-31(21-9-5-3-6-10-21)29-23-13-16-26(38)30(24(23)14-15-25(29)37)32(22-11-7-4-8-12-22)34-28-18-20(2)40-36-28/h3-18,31-32,37-38H,1-2H3,(H,33,35)(H,34,36)/t31-,32-/m0/s1. The van der Waals surface area contributed by atoms with E-state index in [9.17, 15) is 10.2 Å². The molecular formula is C32H28N4O4. The zero-order chi connectivity index (χ0) is 27.6. The summed E-state index contributed by atoms with van der Waals surface area (Å²) < 4.78 is 10.6. The summed E-state index contributed by atoms with van der Waals surface area (Å²) >= 11 is 0. The topological polar surface area (TPSA) is 117 Å². The summed E-state index contributed by atoms with van der Waals surface area (Å²) in [5.41, 5.74) is 3.15. The number of hydrogen-bond donors (Lipinski definition) is 4. The Morgan fingerprint density at radius 2 is 0.975 bits per heavy atom. The van der Waals surface area contributed by atoms with Crippen LogP contribution in [0.2, 0.25) is 0 Å². The Morgan fingerprint density at radius 1 is 0.575 bits per heavy atom. The Hall–Kier alpha value is -5.24. The summed E-state index contributed by atoms with van der Waals surface area (Å²) in [7, 11) is 0. The molecule has 8 heteroatoms. The van der Waals surface area contributed by atoms with Gasteiger partial charge in [0, 0.05) is 23.3 Å². The molecule has 6 aromatic rings. The van der Waals surface area contributed by atoms with Crippen LogP contribution in [0.3, 0.4) is 0 Å². The highest BCUT2D eigenvalue weighted by Gasteiger charge is 2.27. The first-order valence-electron chi connectivity index (χ1n) is 12.9. The number of fused-ring (bicyclic) bond motifs is 1. The van der Waals surface area contributed by atoms with E-state index in [1.165, 1.54) is 0 Å². The van der Waals surface area contributed by atoms with E-state index in [0.717, 1.165) is 21.9 Å². The van der Waals surface area contributed by atoms with Gasteiger partial charge in [0.2, 0.25) is 0 Å². The van der Waals surface area contributed by atoms with Crippen molar-refractivity contribution in [2.75, 3.05) is 10.6 Å². The Morgan fingerprint density at radius 3 is 1.32 bits per heavy atom. The molecule has 8 nitrogen and oxygen atoms in total. The maximum atomic E-state index is 11.3. The molecule has 0 radical (unpaired) electrons. The average molecular weight is 533 g/mol. The van der Waals surface area contributed by atoms with Crippen molar-refractivity contribution in [3.63, 3.8) is 0 Å². The smallest absolute Gasteiger partial charge is 0.170 e. The minimum atomic E-state index is -0.465. The highest BCUT2D eigenvalue weighted by molar-refractivity contribution is 5.94. The lowest BCUT2D eigenvalue weighted by atomic mass is 9.87. The second-order valence-corrected chi connectivity index (χ2v) is 9.71. The van der Waals surface area contributed by atoms with Gasteiger partial charge in [0.25, 0.3) is 0 Å². The van der Waals surface area contributed by atoms with Crippen molar-refractivity contribution in [2.24, 2.45) is 0 Å². The molecule has 0 unspecified atom stereocenters. The van der Waals surface area contributed by atoms with Crippen LogP contribution in [-0.2, 0) is 0 Å². The Bertz CT molecular complexity index is 1630. The Labute approximate surface area is 230 Å². The molecule has 0 bridgehead atoms. The monoisotopic (exact) mass is 532 g/mol. The summed E-state index contributed by atoms with van der Waals surface area (Å²) in [6.45, 7) is 3.65. The third kappa shape index (κ3) is 4.82. The molecule has 0 amide bonds. The molecule has 0 spiro atoms. The van der Waals surface area contributed by atoms with Crippen molar-refractivity contribution >= 4 is 22.4 Å². The van der Waals surface area contributed by atoms with Crippen LogP contribution >= 0.6 is 0 Å². The third-order valence-electron chi connectivity index (χ3n) is 6.92. The molecule has 0 aliphatic heterocycles. The highest BCUT2D eigenvalue weighted by Crippen LogP contribution is 2.44. The van der Waals surface area contributed by atoms with E-state index in [1.54, 1.807) is 12.1 Å². The summed E-state index contributed by atoms with van der Waals surface area (Å²) in [6.07, 6.45) is 0. The minimum Gasteiger partial charge on any atom is -0.508 e. The van der Waals surface area contributed by atoms with Crippen LogP contribution in [0.15, 0.2) is 106 Å². The van der Waals surface area contributed by atoms with Crippen LogP contribution in [0.25, 0.3) is 10.8 Å². The van der Waals surface area contributed by atoms with E-state index in [2.05, 4.69) is 20.9 Å². The Kier molecular flexibility index (Phi) is 6.57. The minimum absolute atomic E-state index is 0.113. The lowest BCUT2D eigenvalue weighted by molar-refractivity contribution is 0.399. The summed E-state index contributed by atoms with van der Waals surface area (Å²) in [5, 5.41) is 39.3. The molecule has 0 saturated heterocycles. The number of aromatic nitrogens is 2. The van der Waals surface area contributed by atoms with Crippen LogP contribution in [0.1, 0.15) is 45.9 Å². The number of nitrogens with zero attached hydrogens (tertiary/aromatic N) is 2. The van der Waals surface area contributed by atoms with Gasteiger partial charge >= 0.3 is 0 Å². The first kappa shape index (κ1) is 25.1. The van der Waals surface area contributed by atoms with Crippen LogP contribution in [-0.4, -0.2) is 20.5 Å². The van der Waals surface area contributed by atoms with Gasteiger partial charge in [-0.25, -0.2) is 0 Å². The van der Waals surface area contributed by atoms with Crippen LogP contribution in [0, 0.1) is 13.8 Å². The number of aromatic hydroxyl groups is 2. The van der Waals surface area contributed by atoms with Crippen LogP contribution in [0.5, 0.6) is 11.5 Å². The predicted molar refractivity (Wildman–Crippen MR) is 154 cm³/mol. The quantitative estimate of drug-likeness (QED) is 0.162. The molecule has 4 aromatic carbocycles. The van der Waals surface area contributed by atoms with Gasteiger partial charge in [-0.2, -0.15) is 0 Å². The molecule has 2 atom stereocenters. The fourth-order valence-corrected chi connectivity index (χ4v) is 5.14. The summed E-state index contributed by atoms with van der Waals surface area (Å²) in [4.78, 5) is 0. The van der Waals surface area contributed by atoms with Crippen molar-refractivity contribution in [3.05, 3.63) is 131 Å². The molecule has 2 heterocycles. The number of anilines is 2. The molecule has 0 aliphatic carbocycles. The van der Waals surface area contributed by atoms with E-state index in [1.807, 2.05) is 98.8 Å². The molecule has 4 N–H and O–H groups in total. The van der Waals surface area contributed by atoms with Crippen LogP contribution < -0.4 is 10.6 Å². The van der Waals surface area contributed by atoms with Gasteiger partial charge in [0.15, 0.2) is 11.6 Å². The number of benzene rings is 4. The van der Waals surface area contributed by atoms with Gasteiger partial charge < -0.3 is 29.9 Å². The molecule has 0 saturated carbocycles. The second-order valence-electron chi connectivity index (χ2n) is 9.71. The zero-order valence-electron chi connectivity index (χ0n) is 22.0. The van der Waals surface area contributed by atoms with Crippen molar-refractivity contribution < 1.29 is 19.3 Å². The van der Waals surface area contributed by atoms with Crippen molar-refractivity contribution in [1.82, 2.24) is 10.3 Å². The zero-order valence-corrected chi connectivity index (χ0v) is 22.0. The maximum Gasteiger partial charge on any atom is 0.170 e. The third-order valence-corrected chi connectivity index (χ3v) is 6.92. The van der Waals surface area contributed by atoms with Gasteiger partial charge in [0.1, 0.15) is 23.0 Å². The number of rotatable bonds is 8. The Balaban J connectivity index is 1.56. The molecule has 200 valence electrons. The van der Waals surface area contributed by atoms with E-state index in [0.29, 0.717) is 34.3 Å². The van der Waals surface area contributed by atoms with E-state index >= 15 is 0 Å². The molecule has 2 aromatic heterocycles. The summed E-state index contributed by atoms with van der Waals surface area (Å²) in [5.74, 6) is 2.66. The van der Waals surface area contributed by atoms with E-state index < -0.39 is 12.1 Å². The van der Waals surface area contributed by atoms with Crippen molar-refractivity contribution in [1.29, 1.82) is 0 Å². The largest absolute Gasteiger partial charge is 0.508 e. The average Bonchev–Trinajstić information content (AvgIpc) is 3.58. The van der Waals surface area contributed by atoms with Gasteiger partial charge in [-0.05, 0) is 47.9 Å². The lowest BCUT2D eigenvalue weighted by Gasteiger charge is -2.26. The van der Waals surface area contributed by atoms with Crippen LogP contribution in [0.4, 0.5) is 11.6 Å². The van der Waals surface area contributed by atoms with Gasteiger partial charge in [-0.1, -0.05) is 83.1 Å². The fourth-order valence-electron chi connectivity index (χ4n) is 5.14. The molecule has 0 fully saturated rings. The molecule has 40 heavy (non-hydrogen) atoms. The van der Waals surface area contributed by atoms with Gasteiger partial charge in [0.05, 0.1) is 12.1 Å². The number of aryl methyl sites for hydroxylation is 2. The van der Waals surface area contributed by atoms with Crippen molar-refractivity contribution in [3.8, 4) is 11.5 Å².